The second kappa shape index (κ2) is 9.17. The van der Waals surface area contributed by atoms with E-state index < -0.39 is 0 Å². The van der Waals surface area contributed by atoms with E-state index in [1.807, 2.05) is 49.4 Å². The van der Waals surface area contributed by atoms with Crippen molar-refractivity contribution in [2.45, 2.75) is 6.92 Å². The van der Waals surface area contributed by atoms with Crippen LogP contribution in [0.5, 0.6) is 11.5 Å². The Labute approximate surface area is 150 Å². The number of hydrogen-bond donors (Lipinski definition) is 2. The molecule has 0 aromatic heterocycles. The highest BCUT2D eigenvalue weighted by Gasteiger charge is 2.04. The normalized spacial score (nSPS) is 10.1. The van der Waals surface area contributed by atoms with E-state index in [-0.39, 0.29) is 12.5 Å². The van der Waals surface area contributed by atoms with Gasteiger partial charge in [0.05, 0.1) is 20.2 Å². The number of nitrogens with one attached hydrogen (secondary N) is 2. The summed E-state index contributed by atoms with van der Waals surface area (Å²) in [6.45, 7) is 3.09. The van der Waals surface area contributed by atoms with Crippen molar-refractivity contribution in [1.29, 1.82) is 0 Å². The highest BCUT2D eigenvalue weighted by molar-refractivity contribution is 9.10. The molecule has 1 amide bonds. The topological polar surface area (TPSA) is 59.6 Å². The predicted octanol–water partition coefficient (Wildman–Crippen LogP) is 3.37. The summed E-state index contributed by atoms with van der Waals surface area (Å²) >= 11 is 3.47. The van der Waals surface area contributed by atoms with Gasteiger partial charge in [0.2, 0.25) is 5.91 Å². The van der Waals surface area contributed by atoms with Crippen molar-refractivity contribution in [1.82, 2.24) is 5.32 Å². The lowest BCUT2D eigenvalue weighted by Crippen LogP contribution is -2.33. The van der Waals surface area contributed by atoms with Crippen LogP contribution in [-0.2, 0) is 4.79 Å². The SMILES string of the molecule is COc1ccc(OCCNC(=O)CNc2ccc(C)cc2Br)cc1. The summed E-state index contributed by atoms with van der Waals surface area (Å²) in [5.41, 5.74) is 2.05. The lowest BCUT2D eigenvalue weighted by atomic mass is 10.2. The van der Waals surface area contributed by atoms with Crippen molar-refractivity contribution >= 4 is 27.5 Å². The Hall–Kier alpha value is -2.21. The van der Waals surface area contributed by atoms with E-state index in [0.717, 1.165) is 27.2 Å². The molecule has 0 saturated carbocycles. The number of benzene rings is 2. The first-order valence-corrected chi connectivity index (χ1v) is 8.41. The van der Waals surface area contributed by atoms with Gasteiger partial charge in [-0.25, -0.2) is 0 Å². The molecule has 0 radical (unpaired) electrons. The van der Waals surface area contributed by atoms with Gasteiger partial charge < -0.3 is 20.1 Å². The molecule has 2 aromatic carbocycles. The standard InChI is InChI=1S/C18H21BrN2O3/c1-13-3-8-17(16(19)11-13)21-12-18(22)20-9-10-24-15-6-4-14(23-2)5-7-15/h3-8,11,21H,9-10,12H2,1-2H3,(H,20,22). The maximum Gasteiger partial charge on any atom is 0.239 e. The molecule has 6 heteroatoms. The Morgan fingerprint density at radius 3 is 2.50 bits per heavy atom. The molecule has 0 aliphatic rings. The largest absolute Gasteiger partial charge is 0.497 e. The summed E-state index contributed by atoms with van der Waals surface area (Å²) in [4.78, 5) is 11.8. The molecule has 0 fully saturated rings. The van der Waals surface area contributed by atoms with Crippen LogP contribution in [0.25, 0.3) is 0 Å². The first-order valence-electron chi connectivity index (χ1n) is 7.62. The molecule has 128 valence electrons. The van der Waals surface area contributed by atoms with Gasteiger partial charge in [-0.1, -0.05) is 6.07 Å². The molecule has 0 unspecified atom stereocenters. The summed E-state index contributed by atoms with van der Waals surface area (Å²) in [5.74, 6) is 1.44. The fraction of sp³-hybridized carbons (Fsp3) is 0.278. The van der Waals surface area contributed by atoms with Gasteiger partial charge >= 0.3 is 0 Å². The van der Waals surface area contributed by atoms with Crippen molar-refractivity contribution in [2.75, 3.05) is 32.1 Å². The van der Waals surface area contributed by atoms with Crippen LogP contribution in [-0.4, -0.2) is 32.7 Å². The highest BCUT2D eigenvalue weighted by Crippen LogP contribution is 2.22. The zero-order valence-electron chi connectivity index (χ0n) is 13.8. The fourth-order valence-electron chi connectivity index (χ4n) is 2.03. The van der Waals surface area contributed by atoms with Gasteiger partial charge in [0.1, 0.15) is 18.1 Å². The van der Waals surface area contributed by atoms with Gasteiger partial charge in [0.25, 0.3) is 0 Å². The number of halogens is 1. The van der Waals surface area contributed by atoms with Gasteiger partial charge in [-0.2, -0.15) is 0 Å². The maximum absolute atomic E-state index is 11.8. The van der Waals surface area contributed by atoms with Crippen molar-refractivity contribution in [3.05, 3.63) is 52.5 Å². The van der Waals surface area contributed by atoms with Crippen LogP contribution in [0.2, 0.25) is 0 Å². The molecule has 0 heterocycles. The number of methoxy groups -OCH3 is 1. The average Bonchev–Trinajstić information content (AvgIpc) is 2.58. The minimum atomic E-state index is -0.0826. The second-order valence-corrected chi connectivity index (χ2v) is 6.07. The number of ether oxygens (including phenoxy) is 2. The van der Waals surface area contributed by atoms with E-state index >= 15 is 0 Å². The number of carbonyl (C=O) groups is 1. The van der Waals surface area contributed by atoms with Gasteiger partial charge in [-0.15, -0.1) is 0 Å². The lowest BCUT2D eigenvalue weighted by Gasteiger charge is -2.11. The van der Waals surface area contributed by atoms with E-state index in [0.29, 0.717) is 13.2 Å². The third-order valence-corrected chi connectivity index (χ3v) is 3.97. The third kappa shape index (κ3) is 5.77. The summed E-state index contributed by atoms with van der Waals surface area (Å²) in [5, 5.41) is 5.91. The molecule has 24 heavy (non-hydrogen) atoms. The number of hydrogen-bond acceptors (Lipinski definition) is 4. The van der Waals surface area contributed by atoms with Gasteiger partial charge in [0, 0.05) is 10.2 Å². The number of amides is 1. The minimum absolute atomic E-state index is 0.0826. The van der Waals surface area contributed by atoms with Crippen LogP contribution in [0, 0.1) is 6.92 Å². The van der Waals surface area contributed by atoms with Crippen molar-refractivity contribution in [3.63, 3.8) is 0 Å². The monoisotopic (exact) mass is 392 g/mol. The van der Waals surface area contributed by atoms with Gasteiger partial charge in [0.15, 0.2) is 0 Å². The molecule has 0 spiro atoms. The molecule has 2 N–H and O–H groups in total. The molecular weight excluding hydrogens is 372 g/mol. The van der Waals surface area contributed by atoms with E-state index in [1.165, 1.54) is 0 Å². The first-order chi connectivity index (χ1) is 11.6. The van der Waals surface area contributed by atoms with Crippen molar-refractivity contribution < 1.29 is 14.3 Å². The second-order valence-electron chi connectivity index (χ2n) is 5.21. The molecular formula is C18H21BrN2O3. The number of aryl methyl sites for hydroxylation is 1. The van der Waals surface area contributed by atoms with Crippen molar-refractivity contribution in [3.8, 4) is 11.5 Å². The summed E-state index contributed by atoms with van der Waals surface area (Å²) in [7, 11) is 1.62. The predicted molar refractivity (Wildman–Crippen MR) is 98.9 cm³/mol. The zero-order valence-corrected chi connectivity index (χ0v) is 15.4. The molecule has 0 atom stereocenters. The number of anilines is 1. The van der Waals surface area contributed by atoms with Crippen LogP contribution in [0.4, 0.5) is 5.69 Å². The summed E-state index contributed by atoms with van der Waals surface area (Å²) in [6.07, 6.45) is 0. The van der Waals surface area contributed by atoms with E-state index in [1.54, 1.807) is 7.11 Å². The first kappa shape index (κ1) is 18.1. The van der Waals surface area contributed by atoms with Crippen LogP contribution in [0.1, 0.15) is 5.56 Å². The maximum atomic E-state index is 11.8. The molecule has 0 saturated heterocycles. The van der Waals surface area contributed by atoms with E-state index in [9.17, 15) is 4.79 Å². The Kier molecular flexibility index (Phi) is 6.93. The molecule has 2 aromatic rings. The number of rotatable bonds is 8. The Morgan fingerprint density at radius 2 is 1.83 bits per heavy atom. The van der Waals surface area contributed by atoms with Crippen molar-refractivity contribution in [2.24, 2.45) is 0 Å². The van der Waals surface area contributed by atoms with Crippen LogP contribution < -0.4 is 20.1 Å². The molecule has 5 nitrogen and oxygen atoms in total. The summed E-state index contributed by atoms with van der Waals surface area (Å²) in [6, 6.07) is 13.3. The third-order valence-electron chi connectivity index (χ3n) is 3.32. The Bertz CT molecular complexity index is 674. The zero-order chi connectivity index (χ0) is 17.4. The van der Waals surface area contributed by atoms with E-state index in [4.69, 9.17) is 9.47 Å². The molecule has 2 rings (SSSR count). The smallest absolute Gasteiger partial charge is 0.239 e. The van der Waals surface area contributed by atoms with Crippen LogP contribution in [0.15, 0.2) is 46.9 Å². The molecule has 0 aliphatic heterocycles. The van der Waals surface area contributed by atoms with Crippen LogP contribution >= 0.6 is 15.9 Å². The van der Waals surface area contributed by atoms with Gasteiger partial charge in [-0.3, -0.25) is 4.79 Å². The molecule has 0 bridgehead atoms. The highest BCUT2D eigenvalue weighted by atomic mass is 79.9. The lowest BCUT2D eigenvalue weighted by molar-refractivity contribution is -0.119. The summed E-state index contributed by atoms with van der Waals surface area (Å²) < 4.78 is 11.6. The van der Waals surface area contributed by atoms with Crippen LogP contribution in [0.3, 0.4) is 0 Å². The Balaban J connectivity index is 1.65. The van der Waals surface area contributed by atoms with Gasteiger partial charge in [-0.05, 0) is 64.8 Å². The Morgan fingerprint density at radius 1 is 1.12 bits per heavy atom. The quantitative estimate of drug-likeness (QED) is 0.676. The van der Waals surface area contributed by atoms with E-state index in [2.05, 4.69) is 26.6 Å². The molecule has 0 aliphatic carbocycles. The fourth-order valence-corrected chi connectivity index (χ4v) is 2.67. The average molecular weight is 393 g/mol. The number of carbonyl (C=O) groups excluding carboxylic acids is 1. The minimum Gasteiger partial charge on any atom is -0.497 e.